The zero-order chi connectivity index (χ0) is 22.6. The molecule has 12 heteroatoms. The average Bonchev–Trinajstić information content (AvgIpc) is 3.01. The maximum Gasteiger partial charge on any atom is 0.534 e. The van der Waals surface area contributed by atoms with Crippen LogP contribution in [0.15, 0.2) is 47.5 Å². The van der Waals surface area contributed by atoms with Crippen LogP contribution in [0.1, 0.15) is 35.7 Å². The molecule has 1 aromatic heterocycles. The maximum absolute atomic E-state index is 12.8. The molecule has 2 heterocycles. The number of alkyl halides is 3. The number of nitrogens with zero attached hydrogens (tertiary/aromatic N) is 4. The summed E-state index contributed by atoms with van der Waals surface area (Å²) in [6.45, 7) is 3.52. The van der Waals surface area contributed by atoms with Crippen LogP contribution >= 0.6 is 11.6 Å². The summed E-state index contributed by atoms with van der Waals surface area (Å²) in [5.41, 5.74) is -3.64. The van der Waals surface area contributed by atoms with Gasteiger partial charge in [0.25, 0.3) is 0 Å². The molecule has 1 aliphatic rings. The van der Waals surface area contributed by atoms with Gasteiger partial charge in [-0.2, -0.15) is 21.6 Å². The number of aromatic nitrogens is 3. The Hall–Kier alpha value is -2.92. The highest BCUT2D eigenvalue weighted by Gasteiger charge is 2.48. The summed E-state index contributed by atoms with van der Waals surface area (Å²) in [6.07, 6.45) is 0. The van der Waals surface area contributed by atoms with E-state index in [-0.39, 0.29) is 0 Å². The molecule has 2 aromatic carbocycles. The van der Waals surface area contributed by atoms with E-state index in [4.69, 9.17) is 11.6 Å². The van der Waals surface area contributed by atoms with Crippen molar-refractivity contribution in [2.75, 3.05) is 0 Å². The number of aliphatic imine (C=N–C) groups is 1. The standard InChI is InChI=1S/C19H14ClF3N4O3S/c1-10-18-26-25-11(2)27(18)16-8-7-14(30-31(28,29)19(21,22)23)9-15(16)17(24-10)12-3-5-13(20)6-4-12/h3-10H,1-2H3. The second-order valence-electron chi connectivity index (χ2n) is 6.76. The Kier molecular flexibility index (Phi) is 5.05. The third kappa shape index (κ3) is 3.79. The Morgan fingerprint density at radius 1 is 1.10 bits per heavy atom. The fourth-order valence-corrected chi connectivity index (χ4v) is 3.81. The fraction of sp³-hybridized carbons (Fsp3) is 0.211. The molecule has 31 heavy (non-hydrogen) atoms. The molecule has 0 spiro atoms. The number of halogens is 4. The molecule has 0 N–H and O–H groups in total. The van der Waals surface area contributed by atoms with E-state index in [1.165, 1.54) is 12.1 Å². The summed E-state index contributed by atoms with van der Waals surface area (Å²) in [5, 5.41) is 8.72. The summed E-state index contributed by atoms with van der Waals surface area (Å²) < 4.78 is 67.4. The van der Waals surface area contributed by atoms with Gasteiger partial charge >= 0.3 is 15.6 Å². The number of aryl methyl sites for hydroxylation is 1. The number of benzene rings is 2. The minimum atomic E-state index is -5.83. The van der Waals surface area contributed by atoms with Crippen molar-refractivity contribution >= 4 is 27.4 Å². The van der Waals surface area contributed by atoms with Crippen LogP contribution in [0.25, 0.3) is 5.69 Å². The second-order valence-corrected chi connectivity index (χ2v) is 8.74. The van der Waals surface area contributed by atoms with Crippen LogP contribution in [0.3, 0.4) is 0 Å². The van der Waals surface area contributed by atoms with E-state index in [1.807, 2.05) is 0 Å². The monoisotopic (exact) mass is 470 g/mol. The van der Waals surface area contributed by atoms with Crippen molar-refractivity contribution in [3.8, 4) is 11.4 Å². The third-order valence-electron chi connectivity index (χ3n) is 4.62. The lowest BCUT2D eigenvalue weighted by molar-refractivity contribution is -0.0500. The lowest BCUT2D eigenvalue weighted by Gasteiger charge is -2.15. The second kappa shape index (κ2) is 7.34. The number of hydrogen-bond acceptors (Lipinski definition) is 6. The van der Waals surface area contributed by atoms with E-state index >= 15 is 0 Å². The smallest absolute Gasteiger partial charge is 0.376 e. The molecule has 0 radical (unpaired) electrons. The van der Waals surface area contributed by atoms with Gasteiger partial charge in [0.05, 0.1) is 11.4 Å². The third-order valence-corrected chi connectivity index (χ3v) is 5.85. The molecule has 1 unspecified atom stereocenters. The Balaban J connectivity index is 1.94. The van der Waals surface area contributed by atoms with E-state index in [9.17, 15) is 21.6 Å². The van der Waals surface area contributed by atoms with E-state index < -0.39 is 27.4 Å². The van der Waals surface area contributed by atoms with Crippen molar-refractivity contribution < 1.29 is 25.8 Å². The predicted octanol–water partition coefficient (Wildman–Crippen LogP) is 4.37. The van der Waals surface area contributed by atoms with Gasteiger partial charge in [-0.1, -0.05) is 23.7 Å². The molecule has 0 amide bonds. The topological polar surface area (TPSA) is 86.4 Å². The molecule has 162 valence electrons. The van der Waals surface area contributed by atoms with Crippen molar-refractivity contribution in [1.82, 2.24) is 14.8 Å². The molecular weight excluding hydrogens is 457 g/mol. The Bertz CT molecular complexity index is 1300. The first-order valence-electron chi connectivity index (χ1n) is 8.89. The number of rotatable bonds is 3. The van der Waals surface area contributed by atoms with Gasteiger partial charge in [-0.3, -0.25) is 9.56 Å². The predicted molar refractivity (Wildman–Crippen MR) is 107 cm³/mol. The van der Waals surface area contributed by atoms with Gasteiger partial charge in [0, 0.05) is 16.1 Å². The van der Waals surface area contributed by atoms with Gasteiger partial charge in [-0.05, 0) is 44.2 Å². The van der Waals surface area contributed by atoms with Crippen molar-refractivity contribution in [2.45, 2.75) is 25.4 Å². The Morgan fingerprint density at radius 3 is 2.42 bits per heavy atom. The first-order chi connectivity index (χ1) is 14.5. The summed E-state index contributed by atoms with van der Waals surface area (Å²) in [4.78, 5) is 4.68. The van der Waals surface area contributed by atoms with E-state index in [2.05, 4.69) is 19.4 Å². The number of fused-ring (bicyclic) bond motifs is 3. The van der Waals surface area contributed by atoms with Crippen LogP contribution in [-0.2, 0) is 10.1 Å². The van der Waals surface area contributed by atoms with Crippen LogP contribution in [0.4, 0.5) is 13.2 Å². The van der Waals surface area contributed by atoms with Crippen LogP contribution in [0, 0.1) is 6.92 Å². The first-order valence-corrected chi connectivity index (χ1v) is 10.7. The van der Waals surface area contributed by atoms with Gasteiger partial charge in [-0.15, -0.1) is 10.2 Å². The highest BCUT2D eigenvalue weighted by atomic mass is 35.5. The zero-order valence-corrected chi connectivity index (χ0v) is 17.6. The van der Waals surface area contributed by atoms with Gasteiger partial charge in [0.15, 0.2) is 5.82 Å². The molecule has 0 aliphatic carbocycles. The van der Waals surface area contributed by atoms with Crippen LogP contribution < -0.4 is 4.18 Å². The fourth-order valence-electron chi connectivity index (χ4n) is 3.23. The minimum absolute atomic E-state index is 0.352. The molecule has 7 nitrogen and oxygen atoms in total. The molecule has 0 saturated heterocycles. The van der Waals surface area contributed by atoms with Gasteiger partial charge < -0.3 is 4.18 Å². The lowest BCUT2D eigenvalue weighted by Crippen LogP contribution is -2.28. The molecule has 4 rings (SSSR count). The van der Waals surface area contributed by atoms with Crippen molar-refractivity contribution in [3.05, 3.63) is 70.3 Å². The summed E-state index contributed by atoms with van der Waals surface area (Å²) in [6, 6.07) is 10.0. The van der Waals surface area contributed by atoms with E-state index in [0.29, 0.717) is 39.2 Å². The summed E-state index contributed by atoms with van der Waals surface area (Å²) in [5.74, 6) is 0.561. The molecule has 0 fully saturated rings. The molecule has 1 aliphatic heterocycles. The SMILES string of the molecule is Cc1nnc2n1-c1ccc(OS(=O)(=O)C(F)(F)F)cc1C(c1ccc(Cl)cc1)=NC2C. The Labute approximate surface area is 180 Å². The number of hydrogen-bond donors (Lipinski definition) is 0. The molecule has 1 atom stereocenters. The normalized spacial score (nSPS) is 16.2. The van der Waals surface area contributed by atoms with E-state index in [0.717, 1.165) is 6.07 Å². The quantitative estimate of drug-likeness (QED) is 0.419. The van der Waals surface area contributed by atoms with Crippen LogP contribution in [0.2, 0.25) is 5.02 Å². The Morgan fingerprint density at radius 2 is 1.77 bits per heavy atom. The van der Waals surface area contributed by atoms with Crippen molar-refractivity contribution in [1.29, 1.82) is 0 Å². The van der Waals surface area contributed by atoms with Crippen molar-refractivity contribution in [2.24, 2.45) is 4.99 Å². The minimum Gasteiger partial charge on any atom is -0.376 e. The summed E-state index contributed by atoms with van der Waals surface area (Å²) in [7, 11) is -5.83. The van der Waals surface area contributed by atoms with Crippen LogP contribution in [0.5, 0.6) is 5.75 Å². The molecule has 0 saturated carbocycles. The van der Waals surface area contributed by atoms with Gasteiger partial charge in [0.1, 0.15) is 17.6 Å². The zero-order valence-electron chi connectivity index (χ0n) is 16.1. The van der Waals surface area contributed by atoms with Crippen molar-refractivity contribution in [3.63, 3.8) is 0 Å². The average molecular weight is 471 g/mol. The molecular formula is C19H14ClF3N4O3S. The van der Waals surface area contributed by atoms with Gasteiger partial charge in [0.2, 0.25) is 0 Å². The molecule has 3 aromatic rings. The maximum atomic E-state index is 12.8. The highest BCUT2D eigenvalue weighted by molar-refractivity contribution is 7.88. The highest BCUT2D eigenvalue weighted by Crippen LogP contribution is 2.34. The van der Waals surface area contributed by atoms with E-state index in [1.54, 1.807) is 42.7 Å². The molecule has 0 bridgehead atoms. The van der Waals surface area contributed by atoms with Gasteiger partial charge in [-0.25, -0.2) is 0 Å². The summed E-state index contributed by atoms with van der Waals surface area (Å²) >= 11 is 5.97. The van der Waals surface area contributed by atoms with Crippen LogP contribution in [-0.4, -0.2) is 34.4 Å². The lowest BCUT2D eigenvalue weighted by atomic mass is 10.00. The largest absolute Gasteiger partial charge is 0.534 e. The first kappa shape index (κ1) is 21.3.